The third kappa shape index (κ3) is 4.48. The summed E-state index contributed by atoms with van der Waals surface area (Å²) in [4.78, 5) is 14.6. The molecule has 1 aliphatic heterocycles. The second kappa shape index (κ2) is 7.28. The van der Waals surface area contributed by atoms with Gasteiger partial charge in [-0.2, -0.15) is 0 Å². The second-order valence-corrected chi connectivity index (χ2v) is 6.56. The summed E-state index contributed by atoms with van der Waals surface area (Å²) in [6.07, 6.45) is 11.4. The van der Waals surface area contributed by atoms with Crippen LogP contribution in [0.1, 0.15) is 71.6 Å². The van der Waals surface area contributed by atoms with E-state index in [1.165, 1.54) is 57.8 Å². The van der Waals surface area contributed by atoms with Gasteiger partial charge in [0.1, 0.15) is 0 Å². The zero-order chi connectivity index (χ0) is 13.7. The quantitative estimate of drug-likeness (QED) is 0.796. The highest BCUT2D eigenvalue weighted by Crippen LogP contribution is 2.22. The van der Waals surface area contributed by atoms with Crippen molar-refractivity contribution in [2.24, 2.45) is 0 Å². The van der Waals surface area contributed by atoms with Gasteiger partial charge in [-0.15, -0.1) is 0 Å². The van der Waals surface area contributed by atoms with Crippen molar-refractivity contribution in [1.82, 2.24) is 10.2 Å². The minimum Gasteiger partial charge on any atom is -0.352 e. The van der Waals surface area contributed by atoms with E-state index in [1.54, 1.807) is 0 Å². The average molecular weight is 266 g/mol. The Labute approximate surface area is 118 Å². The molecule has 0 aromatic rings. The van der Waals surface area contributed by atoms with Crippen LogP contribution in [0.15, 0.2) is 0 Å². The molecule has 1 aliphatic carbocycles. The first-order chi connectivity index (χ1) is 9.16. The Morgan fingerprint density at radius 2 is 1.53 bits per heavy atom. The maximum absolute atomic E-state index is 12.2. The summed E-state index contributed by atoms with van der Waals surface area (Å²) in [5.74, 6) is 0.243. The predicted octanol–water partition coefficient (Wildman–Crippen LogP) is 3.09. The molecule has 1 amide bonds. The summed E-state index contributed by atoms with van der Waals surface area (Å²) >= 11 is 0. The normalized spacial score (nSPS) is 30.8. The van der Waals surface area contributed by atoms with E-state index >= 15 is 0 Å². The first-order valence-electron chi connectivity index (χ1n) is 8.22. The molecule has 1 saturated carbocycles. The lowest BCUT2D eigenvalue weighted by molar-refractivity contribution is -0.124. The molecular weight excluding hydrogens is 236 g/mol. The van der Waals surface area contributed by atoms with Gasteiger partial charge < -0.3 is 5.32 Å². The number of amides is 1. The lowest BCUT2D eigenvalue weighted by Crippen LogP contribution is -2.50. The molecule has 0 radical (unpaired) electrons. The number of nitrogens with zero attached hydrogens (tertiary/aromatic N) is 1. The Balaban J connectivity index is 1.79. The summed E-state index contributed by atoms with van der Waals surface area (Å²) in [5.41, 5.74) is 0. The van der Waals surface area contributed by atoms with Gasteiger partial charge in [0, 0.05) is 18.1 Å². The van der Waals surface area contributed by atoms with Crippen molar-refractivity contribution in [1.29, 1.82) is 0 Å². The van der Waals surface area contributed by atoms with Gasteiger partial charge in [0.05, 0.1) is 6.54 Å². The van der Waals surface area contributed by atoms with Crippen molar-refractivity contribution in [2.75, 3.05) is 6.54 Å². The van der Waals surface area contributed by atoms with Gasteiger partial charge >= 0.3 is 0 Å². The standard InChI is InChI=1S/C16H30N2O/c1-13-8-7-9-14(2)18(13)12-16(19)17-15-10-5-3-4-6-11-15/h13-15H,3-12H2,1-2H3,(H,17,19). The molecule has 19 heavy (non-hydrogen) atoms. The van der Waals surface area contributed by atoms with Gasteiger partial charge in [-0.3, -0.25) is 9.69 Å². The van der Waals surface area contributed by atoms with Crippen molar-refractivity contribution >= 4 is 5.91 Å². The first-order valence-corrected chi connectivity index (χ1v) is 8.22. The molecule has 1 saturated heterocycles. The second-order valence-electron chi connectivity index (χ2n) is 6.56. The molecule has 2 unspecified atom stereocenters. The van der Waals surface area contributed by atoms with Crippen LogP contribution in [0.2, 0.25) is 0 Å². The molecule has 0 aromatic carbocycles. The van der Waals surface area contributed by atoms with Crippen LogP contribution in [0.5, 0.6) is 0 Å². The van der Waals surface area contributed by atoms with Crippen molar-refractivity contribution < 1.29 is 4.79 Å². The summed E-state index contributed by atoms with van der Waals surface area (Å²) in [6, 6.07) is 1.55. The van der Waals surface area contributed by atoms with E-state index in [1.807, 2.05) is 0 Å². The number of hydrogen-bond acceptors (Lipinski definition) is 2. The van der Waals surface area contributed by atoms with Crippen LogP contribution in [-0.4, -0.2) is 35.5 Å². The van der Waals surface area contributed by atoms with Crippen molar-refractivity contribution in [2.45, 2.75) is 89.8 Å². The predicted molar refractivity (Wildman–Crippen MR) is 79.1 cm³/mol. The molecule has 0 spiro atoms. The Bertz CT molecular complexity index is 274. The number of nitrogens with one attached hydrogen (secondary N) is 1. The van der Waals surface area contributed by atoms with Crippen LogP contribution in [0.25, 0.3) is 0 Å². The van der Waals surface area contributed by atoms with Gasteiger partial charge in [-0.1, -0.05) is 32.1 Å². The van der Waals surface area contributed by atoms with Gasteiger partial charge in [0.25, 0.3) is 0 Å². The Morgan fingerprint density at radius 3 is 2.11 bits per heavy atom. The molecule has 110 valence electrons. The molecule has 2 aliphatic rings. The third-order valence-electron chi connectivity index (χ3n) is 4.92. The number of carbonyl (C=O) groups is 1. The summed E-state index contributed by atoms with van der Waals surface area (Å²) in [6.45, 7) is 5.11. The van der Waals surface area contributed by atoms with Gasteiger partial charge in [-0.25, -0.2) is 0 Å². The fourth-order valence-corrected chi connectivity index (χ4v) is 3.65. The molecule has 2 atom stereocenters. The van der Waals surface area contributed by atoms with Crippen LogP contribution >= 0.6 is 0 Å². The molecule has 2 fully saturated rings. The molecule has 1 N–H and O–H groups in total. The van der Waals surface area contributed by atoms with Crippen LogP contribution < -0.4 is 5.32 Å². The van der Waals surface area contributed by atoms with Gasteiger partial charge in [0.2, 0.25) is 5.91 Å². The highest BCUT2D eigenvalue weighted by molar-refractivity contribution is 5.78. The molecule has 1 heterocycles. The summed E-state index contributed by atoms with van der Waals surface area (Å²) in [5, 5.41) is 3.27. The molecule has 2 rings (SSSR count). The SMILES string of the molecule is CC1CCCC(C)N1CC(=O)NC1CCCCCC1. The molecule has 0 aromatic heterocycles. The van der Waals surface area contributed by atoms with E-state index in [4.69, 9.17) is 0 Å². The maximum atomic E-state index is 12.2. The lowest BCUT2D eigenvalue weighted by Gasteiger charge is -2.38. The van der Waals surface area contributed by atoms with Crippen molar-refractivity contribution in [3.8, 4) is 0 Å². The topological polar surface area (TPSA) is 32.3 Å². The van der Waals surface area contributed by atoms with E-state index in [0.29, 0.717) is 24.7 Å². The molecule has 3 heteroatoms. The molecule has 0 bridgehead atoms. The molecular formula is C16H30N2O. The smallest absolute Gasteiger partial charge is 0.234 e. The monoisotopic (exact) mass is 266 g/mol. The van der Waals surface area contributed by atoms with Crippen LogP contribution in [0.3, 0.4) is 0 Å². The third-order valence-corrected chi connectivity index (χ3v) is 4.92. The number of hydrogen-bond donors (Lipinski definition) is 1. The van der Waals surface area contributed by atoms with E-state index in [-0.39, 0.29) is 5.91 Å². The number of likely N-dealkylation sites (tertiary alicyclic amines) is 1. The fraction of sp³-hybridized carbons (Fsp3) is 0.938. The Hall–Kier alpha value is -0.570. The van der Waals surface area contributed by atoms with Crippen molar-refractivity contribution in [3.63, 3.8) is 0 Å². The Morgan fingerprint density at radius 1 is 0.947 bits per heavy atom. The minimum atomic E-state index is 0.243. The first kappa shape index (κ1) is 14.8. The van der Waals surface area contributed by atoms with Gasteiger partial charge in [0.15, 0.2) is 0 Å². The van der Waals surface area contributed by atoms with Gasteiger partial charge in [-0.05, 0) is 39.5 Å². The highest BCUT2D eigenvalue weighted by Gasteiger charge is 2.27. The van der Waals surface area contributed by atoms with E-state index in [9.17, 15) is 4.79 Å². The highest BCUT2D eigenvalue weighted by atomic mass is 16.2. The fourth-order valence-electron chi connectivity index (χ4n) is 3.65. The average Bonchev–Trinajstić information content (AvgIpc) is 2.63. The van der Waals surface area contributed by atoms with E-state index in [0.717, 1.165) is 0 Å². The number of rotatable bonds is 3. The van der Waals surface area contributed by atoms with E-state index < -0.39 is 0 Å². The molecule has 3 nitrogen and oxygen atoms in total. The lowest BCUT2D eigenvalue weighted by atomic mass is 9.97. The zero-order valence-corrected chi connectivity index (χ0v) is 12.7. The summed E-state index contributed by atoms with van der Waals surface area (Å²) in [7, 11) is 0. The largest absolute Gasteiger partial charge is 0.352 e. The van der Waals surface area contributed by atoms with Crippen LogP contribution in [-0.2, 0) is 4.79 Å². The number of carbonyl (C=O) groups excluding carboxylic acids is 1. The van der Waals surface area contributed by atoms with E-state index in [2.05, 4.69) is 24.1 Å². The maximum Gasteiger partial charge on any atom is 0.234 e. The Kier molecular flexibility index (Phi) is 5.68. The summed E-state index contributed by atoms with van der Waals surface area (Å²) < 4.78 is 0. The van der Waals surface area contributed by atoms with Crippen LogP contribution in [0.4, 0.5) is 0 Å². The zero-order valence-electron chi connectivity index (χ0n) is 12.7. The van der Waals surface area contributed by atoms with Crippen LogP contribution in [0, 0.1) is 0 Å². The van der Waals surface area contributed by atoms with Crippen molar-refractivity contribution in [3.05, 3.63) is 0 Å². The minimum absolute atomic E-state index is 0.243. The number of piperidine rings is 1.